The summed E-state index contributed by atoms with van der Waals surface area (Å²) in [5.41, 5.74) is -0.667. The van der Waals surface area contributed by atoms with Crippen molar-refractivity contribution < 1.29 is 18.6 Å². The molecule has 4 rings (SSSR count). The van der Waals surface area contributed by atoms with Gasteiger partial charge >= 0.3 is 14.2 Å². The van der Waals surface area contributed by atoms with E-state index in [9.17, 15) is 0 Å². The first-order chi connectivity index (χ1) is 12.2. The summed E-state index contributed by atoms with van der Waals surface area (Å²) in [6.45, 7) is 15.8. The number of thiophene rings is 2. The van der Waals surface area contributed by atoms with Crippen LogP contribution >= 0.6 is 22.7 Å². The van der Waals surface area contributed by atoms with E-state index in [1.165, 1.54) is 4.88 Å². The van der Waals surface area contributed by atoms with Crippen LogP contribution in [0.25, 0.3) is 9.75 Å². The van der Waals surface area contributed by atoms with Gasteiger partial charge in [-0.3, -0.25) is 0 Å². The number of hydrogen-bond acceptors (Lipinski definition) is 6. The van der Waals surface area contributed by atoms with Crippen molar-refractivity contribution in [2.75, 3.05) is 0 Å². The van der Waals surface area contributed by atoms with Crippen LogP contribution in [0.4, 0.5) is 0 Å². The van der Waals surface area contributed by atoms with E-state index >= 15 is 0 Å². The lowest BCUT2D eigenvalue weighted by atomic mass is 9.88. The highest BCUT2D eigenvalue weighted by molar-refractivity contribution is 7.30. The van der Waals surface area contributed by atoms with Crippen molar-refractivity contribution in [3.63, 3.8) is 0 Å². The summed E-state index contributed by atoms with van der Waals surface area (Å²) < 4.78 is 25.5. The molecule has 4 nitrogen and oxygen atoms in total. The molecule has 8 heteroatoms. The van der Waals surface area contributed by atoms with E-state index in [4.69, 9.17) is 18.6 Å². The van der Waals surface area contributed by atoms with E-state index in [0.717, 1.165) is 14.4 Å². The van der Waals surface area contributed by atoms with Crippen LogP contribution in [0.1, 0.15) is 27.7 Å². The summed E-state index contributed by atoms with van der Waals surface area (Å²) in [5, 5.41) is 0. The first-order valence-electron chi connectivity index (χ1n) is 8.43. The summed E-state index contributed by atoms with van der Waals surface area (Å²) in [6, 6.07) is 8.28. The van der Waals surface area contributed by atoms with Gasteiger partial charge in [-0.25, -0.2) is 0 Å². The van der Waals surface area contributed by atoms with Gasteiger partial charge in [0, 0.05) is 14.5 Å². The second-order valence-corrected chi connectivity index (χ2v) is 9.64. The second kappa shape index (κ2) is 6.02. The van der Waals surface area contributed by atoms with E-state index in [0.29, 0.717) is 11.5 Å². The topological polar surface area (TPSA) is 36.9 Å². The smallest absolute Gasteiger partial charge is 0.519 e. The van der Waals surface area contributed by atoms with Gasteiger partial charge in [-0.05, 0) is 45.9 Å². The van der Waals surface area contributed by atoms with Crippen molar-refractivity contribution in [2.45, 2.75) is 38.9 Å². The molecule has 0 saturated carbocycles. The predicted octanol–water partition coefficient (Wildman–Crippen LogP) is 3.55. The van der Waals surface area contributed by atoms with Crippen molar-refractivity contribution in [2.24, 2.45) is 0 Å². The molecule has 2 aromatic rings. The summed E-state index contributed by atoms with van der Waals surface area (Å²) in [4.78, 5) is 2.32. The fourth-order valence-corrected chi connectivity index (χ4v) is 4.74. The van der Waals surface area contributed by atoms with Crippen LogP contribution < -0.4 is 9.55 Å². The predicted molar refractivity (Wildman–Crippen MR) is 109 cm³/mol. The Morgan fingerprint density at radius 1 is 0.731 bits per heavy atom. The molecular weight excluding hydrogens is 366 g/mol. The maximum absolute atomic E-state index is 6.14. The van der Waals surface area contributed by atoms with Gasteiger partial charge in [-0.1, -0.05) is 19.2 Å². The van der Waals surface area contributed by atoms with Crippen LogP contribution in [0.2, 0.25) is 0 Å². The van der Waals surface area contributed by atoms with Crippen molar-refractivity contribution in [3.05, 3.63) is 48.9 Å². The number of rotatable bonds is 3. The SMILES string of the molecule is C=C1OB(c2ccc(-c3ccc(B4OC(C)(C)C(C)(C)O4)s3)s2)OC1=C. The zero-order valence-electron chi connectivity index (χ0n) is 15.3. The molecule has 2 aliphatic rings. The fourth-order valence-electron chi connectivity index (χ4n) is 2.71. The molecule has 4 heterocycles. The number of hydrogen-bond donors (Lipinski definition) is 0. The zero-order chi connectivity index (χ0) is 18.7. The summed E-state index contributed by atoms with van der Waals surface area (Å²) in [5.74, 6) is 0.980. The van der Waals surface area contributed by atoms with Crippen molar-refractivity contribution in [1.82, 2.24) is 0 Å². The van der Waals surface area contributed by atoms with Gasteiger partial charge in [0.15, 0.2) is 0 Å². The first kappa shape index (κ1) is 17.9. The lowest BCUT2D eigenvalue weighted by molar-refractivity contribution is 0.00578. The molecule has 2 fully saturated rings. The van der Waals surface area contributed by atoms with E-state index in [2.05, 4.69) is 59.1 Å². The van der Waals surface area contributed by atoms with Crippen LogP contribution in [0.15, 0.2) is 48.9 Å². The lowest BCUT2D eigenvalue weighted by Gasteiger charge is -2.32. The van der Waals surface area contributed by atoms with Crippen LogP contribution in [0, 0.1) is 0 Å². The van der Waals surface area contributed by atoms with Gasteiger partial charge in [0.25, 0.3) is 0 Å². The van der Waals surface area contributed by atoms with Crippen LogP contribution in [0.3, 0.4) is 0 Å². The minimum absolute atomic E-state index is 0.327. The Kier molecular flexibility index (Phi) is 4.15. The average Bonchev–Trinajstić information content (AvgIpc) is 3.28. The minimum Gasteiger partial charge on any atom is -0.519 e. The zero-order valence-corrected chi connectivity index (χ0v) is 17.0. The monoisotopic (exact) mass is 386 g/mol. The molecule has 0 spiro atoms. The van der Waals surface area contributed by atoms with E-state index in [1.54, 1.807) is 22.7 Å². The van der Waals surface area contributed by atoms with Gasteiger partial charge in [0.05, 0.1) is 16.0 Å². The summed E-state index contributed by atoms with van der Waals surface area (Å²) in [6.07, 6.45) is 0. The fraction of sp³-hybridized carbons (Fsp3) is 0.333. The third kappa shape index (κ3) is 2.95. The highest BCUT2D eigenvalue weighted by Gasteiger charge is 2.52. The van der Waals surface area contributed by atoms with Gasteiger partial charge in [0.2, 0.25) is 0 Å². The van der Waals surface area contributed by atoms with Gasteiger partial charge in [-0.2, -0.15) is 0 Å². The van der Waals surface area contributed by atoms with E-state index in [1.807, 2.05) is 6.07 Å². The molecule has 0 aromatic carbocycles. The molecule has 0 atom stereocenters. The molecule has 2 aromatic heterocycles. The molecule has 0 N–H and O–H groups in total. The molecular formula is C18H20B2O4S2. The molecule has 2 aliphatic heterocycles. The molecule has 0 aliphatic carbocycles. The van der Waals surface area contributed by atoms with E-state index in [-0.39, 0.29) is 18.3 Å². The Morgan fingerprint density at radius 2 is 1.15 bits per heavy atom. The highest BCUT2D eigenvalue weighted by atomic mass is 32.1. The molecule has 134 valence electrons. The maximum atomic E-state index is 6.14. The van der Waals surface area contributed by atoms with Crippen LogP contribution in [-0.2, 0) is 18.6 Å². The normalized spacial score (nSPS) is 21.2. The maximum Gasteiger partial charge on any atom is 0.643 e. The molecule has 0 radical (unpaired) electrons. The Hall–Kier alpha value is -1.47. The van der Waals surface area contributed by atoms with Crippen molar-refractivity contribution in [1.29, 1.82) is 0 Å². The lowest BCUT2D eigenvalue weighted by Crippen LogP contribution is -2.41. The average molecular weight is 386 g/mol. The Labute approximate surface area is 162 Å². The molecule has 26 heavy (non-hydrogen) atoms. The van der Waals surface area contributed by atoms with Crippen molar-refractivity contribution in [3.8, 4) is 9.75 Å². The van der Waals surface area contributed by atoms with Crippen LogP contribution in [-0.4, -0.2) is 25.4 Å². The third-order valence-corrected chi connectivity index (χ3v) is 7.43. The Morgan fingerprint density at radius 3 is 1.62 bits per heavy atom. The molecule has 0 unspecified atom stereocenters. The minimum atomic E-state index is -0.448. The Balaban J connectivity index is 1.53. The summed E-state index contributed by atoms with van der Waals surface area (Å²) >= 11 is 3.32. The highest BCUT2D eigenvalue weighted by Crippen LogP contribution is 2.38. The Bertz CT molecular complexity index is 851. The molecule has 0 bridgehead atoms. The molecule has 2 saturated heterocycles. The van der Waals surface area contributed by atoms with Gasteiger partial charge in [0.1, 0.15) is 11.5 Å². The summed E-state index contributed by atoms with van der Waals surface area (Å²) in [7, 11) is -0.775. The van der Waals surface area contributed by atoms with Crippen molar-refractivity contribution >= 4 is 46.5 Å². The van der Waals surface area contributed by atoms with E-state index < -0.39 is 7.12 Å². The second-order valence-electron chi connectivity index (χ2n) is 7.41. The molecule has 0 amide bonds. The van der Waals surface area contributed by atoms with Gasteiger partial charge in [-0.15, -0.1) is 22.7 Å². The first-order valence-corrected chi connectivity index (χ1v) is 10.1. The third-order valence-electron chi connectivity index (χ3n) is 5.02. The van der Waals surface area contributed by atoms with Gasteiger partial charge < -0.3 is 18.6 Å². The standard InChI is InChI=1S/C18H20B2O4S2/c1-11-12(2)22-19(21-11)15-9-7-13(25-15)14-8-10-16(26-14)20-23-17(3,4)18(5,6)24-20/h7-10H,1-2H2,3-6H3. The largest absolute Gasteiger partial charge is 0.643 e. The quantitative estimate of drug-likeness (QED) is 0.757. The van der Waals surface area contributed by atoms with Crippen LogP contribution in [0.5, 0.6) is 0 Å².